The molecule has 4 fully saturated rings. The summed E-state index contributed by atoms with van der Waals surface area (Å²) >= 11 is 0. The smallest absolute Gasteiger partial charge is 0.0568 e. The molecule has 0 aromatic rings. The second-order valence-electron chi connectivity index (χ2n) is 12.7. The zero-order valence-corrected chi connectivity index (χ0v) is 19.9. The highest BCUT2D eigenvalue weighted by atomic mass is 16.3. The molecular formula is C27H48O2. The number of aliphatic hydroxyl groups excluding tert-OH is 2. The van der Waals surface area contributed by atoms with E-state index in [1.54, 1.807) is 0 Å². The molecule has 0 unspecified atom stereocenters. The summed E-state index contributed by atoms with van der Waals surface area (Å²) < 4.78 is 0. The number of fused-ring (bicyclic) bond motifs is 5. The summed E-state index contributed by atoms with van der Waals surface area (Å²) in [6.45, 7) is 12.1. The Morgan fingerprint density at radius 1 is 0.828 bits per heavy atom. The second-order valence-corrected chi connectivity index (χ2v) is 12.7. The van der Waals surface area contributed by atoms with E-state index in [0.717, 1.165) is 49.4 Å². The zero-order valence-electron chi connectivity index (χ0n) is 19.9. The Kier molecular flexibility index (Phi) is 6.19. The molecule has 0 aromatic heterocycles. The van der Waals surface area contributed by atoms with Gasteiger partial charge in [0, 0.05) is 0 Å². The maximum absolute atomic E-state index is 11.0. The van der Waals surface area contributed by atoms with Crippen molar-refractivity contribution in [1.29, 1.82) is 0 Å². The van der Waals surface area contributed by atoms with Crippen molar-refractivity contribution in [3.63, 3.8) is 0 Å². The summed E-state index contributed by atoms with van der Waals surface area (Å²) in [6.07, 6.45) is 13.5. The summed E-state index contributed by atoms with van der Waals surface area (Å²) in [5.41, 5.74) is 0.917. The average molecular weight is 405 g/mol. The Morgan fingerprint density at radius 3 is 2.24 bits per heavy atom. The molecule has 10 atom stereocenters. The fourth-order valence-corrected chi connectivity index (χ4v) is 9.17. The van der Waals surface area contributed by atoms with Gasteiger partial charge in [-0.15, -0.1) is 0 Å². The molecule has 4 aliphatic rings. The molecule has 0 bridgehead atoms. The molecule has 0 amide bonds. The first-order chi connectivity index (χ1) is 13.7. The van der Waals surface area contributed by atoms with E-state index < -0.39 is 0 Å². The van der Waals surface area contributed by atoms with Crippen molar-refractivity contribution in [2.24, 2.45) is 52.3 Å². The normalized spacial score (nSPS) is 49.2. The summed E-state index contributed by atoms with van der Waals surface area (Å²) in [7, 11) is 0. The topological polar surface area (TPSA) is 40.5 Å². The minimum Gasteiger partial charge on any atom is -0.393 e. The molecule has 4 rings (SSSR count). The third-order valence-corrected chi connectivity index (χ3v) is 11.0. The minimum absolute atomic E-state index is 0.0393. The van der Waals surface area contributed by atoms with Crippen molar-refractivity contribution in [3.8, 4) is 0 Å². The molecule has 168 valence electrons. The molecule has 29 heavy (non-hydrogen) atoms. The third kappa shape index (κ3) is 3.73. The quantitative estimate of drug-likeness (QED) is 0.553. The maximum Gasteiger partial charge on any atom is 0.0568 e. The van der Waals surface area contributed by atoms with Crippen LogP contribution in [0, 0.1) is 52.3 Å². The van der Waals surface area contributed by atoms with E-state index in [-0.39, 0.29) is 12.2 Å². The minimum atomic E-state index is -0.121. The first kappa shape index (κ1) is 22.1. The lowest BCUT2D eigenvalue weighted by molar-refractivity contribution is -0.132. The lowest BCUT2D eigenvalue weighted by atomic mass is 9.44. The van der Waals surface area contributed by atoms with E-state index in [0.29, 0.717) is 28.6 Å². The molecule has 0 aliphatic heterocycles. The summed E-state index contributed by atoms with van der Waals surface area (Å²) in [4.78, 5) is 0. The van der Waals surface area contributed by atoms with E-state index in [1.165, 1.54) is 44.9 Å². The van der Waals surface area contributed by atoms with Gasteiger partial charge in [-0.2, -0.15) is 0 Å². The SMILES string of the molecule is CC(C)CC[C@H](O)[C@@H](C)[C@H]1CC[C@H]2[C@@H]3CC[C@H]4C[C@H](O)CC[C@]4(C)[C@H]3CC[C@]12C. The Hall–Kier alpha value is -0.0800. The van der Waals surface area contributed by atoms with Gasteiger partial charge in [-0.3, -0.25) is 0 Å². The standard InChI is InChI=1S/C27H48O2/c1-17(2)6-11-25(29)18(3)22-9-10-23-21-8-7-19-16-20(28)12-14-26(19,4)24(21)13-15-27(22,23)5/h17-25,28-29H,6-16H2,1-5H3/t18-,19-,20+,21-,22+,23-,24-,25-,26-,27+/m0/s1. The van der Waals surface area contributed by atoms with Gasteiger partial charge in [0.25, 0.3) is 0 Å². The lowest BCUT2D eigenvalue weighted by Crippen LogP contribution is -2.54. The van der Waals surface area contributed by atoms with Gasteiger partial charge in [0.05, 0.1) is 12.2 Å². The van der Waals surface area contributed by atoms with Gasteiger partial charge in [-0.1, -0.05) is 34.6 Å². The maximum atomic E-state index is 11.0. The fourth-order valence-electron chi connectivity index (χ4n) is 9.17. The van der Waals surface area contributed by atoms with Gasteiger partial charge in [0.2, 0.25) is 0 Å². The summed E-state index contributed by atoms with van der Waals surface area (Å²) in [5, 5.41) is 21.2. The molecule has 0 aromatic carbocycles. The fraction of sp³-hybridized carbons (Fsp3) is 1.00. The highest BCUT2D eigenvalue weighted by molar-refractivity contribution is 5.10. The van der Waals surface area contributed by atoms with Crippen molar-refractivity contribution >= 4 is 0 Å². The van der Waals surface area contributed by atoms with Crippen LogP contribution in [0.2, 0.25) is 0 Å². The molecule has 4 aliphatic carbocycles. The van der Waals surface area contributed by atoms with Crippen molar-refractivity contribution in [3.05, 3.63) is 0 Å². The van der Waals surface area contributed by atoms with Crippen molar-refractivity contribution in [2.75, 3.05) is 0 Å². The monoisotopic (exact) mass is 404 g/mol. The predicted molar refractivity (Wildman–Crippen MR) is 120 cm³/mol. The largest absolute Gasteiger partial charge is 0.393 e. The average Bonchev–Trinajstić information content (AvgIpc) is 3.03. The van der Waals surface area contributed by atoms with E-state index in [1.807, 2.05) is 0 Å². The van der Waals surface area contributed by atoms with Gasteiger partial charge < -0.3 is 10.2 Å². The van der Waals surface area contributed by atoms with Crippen LogP contribution >= 0.6 is 0 Å². The van der Waals surface area contributed by atoms with Gasteiger partial charge in [0.15, 0.2) is 0 Å². The Labute approximate surface area is 180 Å². The van der Waals surface area contributed by atoms with Crippen LogP contribution in [0.5, 0.6) is 0 Å². The van der Waals surface area contributed by atoms with Gasteiger partial charge in [-0.25, -0.2) is 0 Å². The molecule has 2 nitrogen and oxygen atoms in total. The zero-order chi connectivity index (χ0) is 21.0. The van der Waals surface area contributed by atoms with Crippen LogP contribution in [0.25, 0.3) is 0 Å². The second kappa shape index (κ2) is 8.12. The number of hydrogen-bond acceptors (Lipinski definition) is 2. The van der Waals surface area contributed by atoms with Crippen molar-refractivity contribution in [1.82, 2.24) is 0 Å². The molecule has 0 spiro atoms. The van der Waals surface area contributed by atoms with Crippen LogP contribution in [0.3, 0.4) is 0 Å². The van der Waals surface area contributed by atoms with Crippen molar-refractivity contribution in [2.45, 2.75) is 117 Å². The van der Waals surface area contributed by atoms with E-state index in [2.05, 4.69) is 34.6 Å². The molecule has 4 saturated carbocycles. The van der Waals surface area contributed by atoms with E-state index >= 15 is 0 Å². The van der Waals surface area contributed by atoms with Crippen LogP contribution in [0.4, 0.5) is 0 Å². The Morgan fingerprint density at radius 2 is 1.52 bits per heavy atom. The van der Waals surface area contributed by atoms with Crippen LogP contribution in [-0.2, 0) is 0 Å². The predicted octanol–water partition coefficient (Wildman–Crippen LogP) is 6.44. The van der Waals surface area contributed by atoms with Crippen LogP contribution < -0.4 is 0 Å². The van der Waals surface area contributed by atoms with Gasteiger partial charge in [0.1, 0.15) is 0 Å². The Bertz CT molecular complexity index is 573. The molecule has 2 N–H and O–H groups in total. The van der Waals surface area contributed by atoms with Gasteiger partial charge >= 0.3 is 0 Å². The number of hydrogen-bond donors (Lipinski definition) is 2. The number of rotatable bonds is 5. The Balaban J connectivity index is 1.48. The molecule has 2 heteroatoms. The lowest BCUT2D eigenvalue weighted by Gasteiger charge is -2.61. The third-order valence-electron chi connectivity index (χ3n) is 11.0. The summed E-state index contributed by atoms with van der Waals surface area (Å²) in [5.74, 6) is 5.24. The van der Waals surface area contributed by atoms with Crippen LogP contribution in [0.15, 0.2) is 0 Å². The van der Waals surface area contributed by atoms with Crippen molar-refractivity contribution < 1.29 is 10.2 Å². The molecular weight excluding hydrogens is 356 g/mol. The molecule has 0 heterocycles. The number of aliphatic hydroxyl groups is 2. The first-order valence-corrected chi connectivity index (χ1v) is 13.0. The van der Waals surface area contributed by atoms with Crippen LogP contribution in [0.1, 0.15) is 105 Å². The summed E-state index contributed by atoms with van der Waals surface area (Å²) in [6, 6.07) is 0. The van der Waals surface area contributed by atoms with E-state index in [9.17, 15) is 10.2 Å². The molecule has 0 saturated heterocycles. The first-order valence-electron chi connectivity index (χ1n) is 13.0. The van der Waals surface area contributed by atoms with Gasteiger partial charge in [-0.05, 0) is 123 Å². The van der Waals surface area contributed by atoms with Crippen LogP contribution in [-0.4, -0.2) is 22.4 Å². The highest BCUT2D eigenvalue weighted by Gasteiger charge is 2.60. The molecule has 0 radical (unpaired) electrons. The van der Waals surface area contributed by atoms with E-state index in [4.69, 9.17) is 0 Å². The highest BCUT2D eigenvalue weighted by Crippen LogP contribution is 2.68.